The molecule has 80 valence electrons. The molecule has 14 heavy (non-hydrogen) atoms. The number of esters is 1. The summed E-state index contributed by atoms with van der Waals surface area (Å²) < 4.78 is 15.4. The van der Waals surface area contributed by atoms with Crippen molar-refractivity contribution in [3.63, 3.8) is 0 Å². The van der Waals surface area contributed by atoms with Crippen LogP contribution in [0.3, 0.4) is 0 Å². The summed E-state index contributed by atoms with van der Waals surface area (Å²) in [5.74, 6) is -0.410. The third kappa shape index (κ3) is 3.12. The predicted octanol–water partition coefficient (Wildman–Crippen LogP) is 1.60. The zero-order valence-electron chi connectivity index (χ0n) is 8.62. The van der Waals surface area contributed by atoms with Crippen molar-refractivity contribution in [1.29, 1.82) is 0 Å². The van der Waals surface area contributed by atoms with E-state index in [0.29, 0.717) is 5.57 Å². The van der Waals surface area contributed by atoms with Crippen LogP contribution in [-0.4, -0.2) is 25.7 Å². The number of methoxy groups -OCH3 is 1. The van der Waals surface area contributed by atoms with E-state index in [-0.39, 0.29) is 6.29 Å². The van der Waals surface area contributed by atoms with Gasteiger partial charge < -0.3 is 14.2 Å². The highest BCUT2D eigenvalue weighted by atomic mass is 16.8. The molecule has 0 spiro atoms. The van der Waals surface area contributed by atoms with Crippen molar-refractivity contribution >= 4 is 5.97 Å². The molecule has 0 saturated carbocycles. The van der Waals surface area contributed by atoms with Gasteiger partial charge in [0.25, 0.3) is 0 Å². The Morgan fingerprint density at radius 2 is 2.07 bits per heavy atom. The standard InChI is InChI=1S/C10H16O4/c1-7(2)10(11)14-9-6-4-5-8(12-3)13-9/h8-9H,1,4-6H2,2-3H3. The molecule has 1 fully saturated rings. The van der Waals surface area contributed by atoms with E-state index in [4.69, 9.17) is 14.2 Å². The van der Waals surface area contributed by atoms with Crippen molar-refractivity contribution in [2.75, 3.05) is 7.11 Å². The molecule has 0 amide bonds. The highest BCUT2D eigenvalue weighted by Gasteiger charge is 2.24. The minimum absolute atomic E-state index is 0.258. The summed E-state index contributed by atoms with van der Waals surface area (Å²) in [5, 5.41) is 0. The summed E-state index contributed by atoms with van der Waals surface area (Å²) in [6.45, 7) is 5.11. The summed E-state index contributed by atoms with van der Waals surface area (Å²) in [5.41, 5.74) is 0.383. The molecule has 1 saturated heterocycles. The van der Waals surface area contributed by atoms with Crippen LogP contribution in [-0.2, 0) is 19.0 Å². The molecule has 0 N–H and O–H groups in total. The van der Waals surface area contributed by atoms with Gasteiger partial charge in [0, 0.05) is 19.1 Å². The quantitative estimate of drug-likeness (QED) is 0.513. The van der Waals surface area contributed by atoms with E-state index in [0.717, 1.165) is 19.3 Å². The van der Waals surface area contributed by atoms with Gasteiger partial charge in [-0.05, 0) is 19.8 Å². The second kappa shape index (κ2) is 5.12. The maximum atomic E-state index is 11.2. The molecule has 1 aliphatic heterocycles. The van der Waals surface area contributed by atoms with E-state index in [1.807, 2.05) is 0 Å². The van der Waals surface area contributed by atoms with Gasteiger partial charge in [-0.1, -0.05) is 6.58 Å². The number of hydrogen-bond donors (Lipinski definition) is 0. The highest BCUT2D eigenvalue weighted by molar-refractivity contribution is 5.86. The minimum Gasteiger partial charge on any atom is -0.432 e. The second-order valence-electron chi connectivity index (χ2n) is 3.35. The van der Waals surface area contributed by atoms with E-state index in [2.05, 4.69) is 6.58 Å². The van der Waals surface area contributed by atoms with Gasteiger partial charge in [-0.15, -0.1) is 0 Å². The first-order valence-electron chi connectivity index (χ1n) is 4.68. The Hall–Kier alpha value is -0.870. The lowest BCUT2D eigenvalue weighted by Crippen LogP contribution is -2.32. The van der Waals surface area contributed by atoms with Crippen molar-refractivity contribution in [3.8, 4) is 0 Å². The molecular formula is C10H16O4. The van der Waals surface area contributed by atoms with Crippen LogP contribution in [0, 0.1) is 0 Å². The Labute approximate surface area is 83.8 Å². The molecule has 1 heterocycles. The summed E-state index contributed by atoms with van der Waals surface area (Å²) in [6.07, 6.45) is 1.76. The molecule has 0 aromatic rings. The van der Waals surface area contributed by atoms with Gasteiger partial charge in [0.1, 0.15) is 0 Å². The van der Waals surface area contributed by atoms with Crippen molar-refractivity contribution in [2.24, 2.45) is 0 Å². The molecular weight excluding hydrogens is 184 g/mol. The Morgan fingerprint density at radius 3 is 2.64 bits per heavy atom. The van der Waals surface area contributed by atoms with Crippen LogP contribution in [0.5, 0.6) is 0 Å². The number of hydrogen-bond acceptors (Lipinski definition) is 4. The normalized spacial score (nSPS) is 27.0. The van der Waals surface area contributed by atoms with Gasteiger partial charge >= 0.3 is 5.97 Å². The number of ether oxygens (including phenoxy) is 3. The van der Waals surface area contributed by atoms with Gasteiger partial charge in [0.05, 0.1) is 0 Å². The lowest BCUT2D eigenvalue weighted by molar-refractivity contribution is -0.251. The smallest absolute Gasteiger partial charge is 0.335 e. The Kier molecular flexibility index (Phi) is 4.10. The van der Waals surface area contributed by atoms with Crippen LogP contribution < -0.4 is 0 Å². The third-order valence-electron chi connectivity index (χ3n) is 2.03. The summed E-state index contributed by atoms with van der Waals surface area (Å²) >= 11 is 0. The molecule has 0 aromatic heterocycles. The van der Waals surface area contributed by atoms with Gasteiger partial charge in [-0.2, -0.15) is 0 Å². The van der Waals surface area contributed by atoms with Crippen molar-refractivity contribution in [2.45, 2.75) is 38.8 Å². The van der Waals surface area contributed by atoms with E-state index in [1.54, 1.807) is 14.0 Å². The van der Waals surface area contributed by atoms with Crippen molar-refractivity contribution in [3.05, 3.63) is 12.2 Å². The minimum atomic E-state index is -0.488. The Balaban J connectivity index is 2.37. The monoisotopic (exact) mass is 200 g/mol. The van der Waals surface area contributed by atoms with Crippen LogP contribution in [0.2, 0.25) is 0 Å². The molecule has 0 aliphatic carbocycles. The second-order valence-corrected chi connectivity index (χ2v) is 3.35. The number of carbonyl (C=O) groups excluding carboxylic acids is 1. The molecule has 4 nitrogen and oxygen atoms in total. The third-order valence-corrected chi connectivity index (χ3v) is 2.03. The molecule has 4 heteroatoms. The lowest BCUT2D eigenvalue weighted by Gasteiger charge is -2.28. The number of rotatable bonds is 3. The van der Waals surface area contributed by atoms with Gasteiger partial charge in [0.15, 0.2) is 6.29 Å². The van der Waals surface area contributed by atoms with Crippen molar-refractivity contribution in [1.82, 2.24) is 0 Å². The largest absolute Gasteiger partial charge is 0.432 e. The van der Waals surface area contributed by atoms with Crippen LogP contribution in [0.15, 0.2) is 12.2 Å². The fourth-order valence-corrected chi connectivity index (χ4v) is 1.24. The molecule has 0 aromatic carbocycles. The Morgan fingerprint density at radius 1 is 1.43 bits per heavy atom. The SMILES string of the molecule is C=C(C)C(=O)OC1CCCC(OC)O1. The highest BCUT2D eigenvalue weighted by Crippen LogP contribution is 2.20. The maximum absolute atomic E-state index is 11.2. The first kappa shape index (κ1) is 11.2. The van der Waals surface area contributed by atoms with Crippen LogP contribution >= 0.6 is 0 Å². The number of carbonyl (C=O) groups is 1. The summed E-state index contributed by atoms with van der Waals surface area (Å²) in [4.78, 5) is 11.2. The zero-order chi connectivity index (χ0) is 10.6. The first-order chi connectivity index (χ1) is 6.63. The van der Waals surface area contributed by atoms with E-state index in [1.165, 1.54) is 0 Å². The summed E-state index contributed by atoms with van der Waals surface area (Å²) in [7, 11) is 1.58. The van der Waals surface area contributed by atoms with Gasteiger partial charge in [0.2, 0.25) is 6.29 Å². The average molecular weight is 200 g/mol. The Bertz CT molecular complexity index is 224. The van der Waals surface area contributed by atoms with E-state index >= 15 is 0 Å². The van der Waals surface area contributed by atoms with E-state index < -0.39 is 12.3 Å². The molecule has 1 rings (SSSR count). The topological polar surface area (TPSA) is 44.8 Å². The first-order valence-corrected chi connectivity index (χ1v) is 4.68. The van der Waals surface area contributed by atoms with E-state index in [9.17, 15) is 4.79 Å². The fraction of sp³-hybridized carbons (Fsp3) is 0.700. The molecule has 0 radical (unpaired) electrons. The molecule has 2 unspecified atom stereocenters. The van der Waals surface area contributed by atoms with Gasteiger partial charge in [-0.25, -0.2) is 4.79 Å². The molecule has 0 bridgehead atoms. The van der Waals surface area contributed by atoms with Gasteiger partial charge in [-0.3, -0.25) is 0 Å². The molecule has 1 aliphatic rings. The van der Waals surface area contributed by atoms with Crippen LogP contribution in [0.4, 0.5) is 0 Å². The average Bonchev–Trinajstić information content (AvgIpc) is 2.18. The lowest BCUT2D eigenvalue weighted by atomic mass is 10.2. The van der Waals surface area contributed by atoms with Crippen LogP contribution in [0.25, 0.3) is 0 Å². The molecule has 2 atom stereocenters. The predicted molar refractivity (Wildman–Crippen MR) is 50.4 cm³/mol. The summed E-state index contributed by atoms with van der Waals surface area (Å²) in [6, 6.07) is 0. The maximum Gasteiger partial charge on any atom is 0.335 e. The van der Waals surface area contributed by atoms with Crippen LogP contribution in [0.1, 0.15) is 26.2 Å². The fourth-order valence-electron chi connectivity index (χ4n) is 1.24. The van der Waals surface area contributed by atoms with Crippen molar-refractivity contribution < 1.29 is 19.0 Å². The zero-order valence-corrected chi connectivity index (χ0v) is 8.62.